The zero-order valence-electron chi connectivity index (χ0n) is 11.3. The van der Waals surface area contributed by atoms with Crippen molar-refractivity contribution in [2.75, 3.05) is 0 Å². The standard InChI is InChI=1S/C16H17NO3/c1-12(13-6-3-2-4-7-13)17-16(19)10-9-14(18)15-8-5-11-20-15/h2-8,11-12H,9-10H2,1H3,(H,17,19). The maximum atomic E-state index is 11.8. The number of hydrogen-bond acceptors (Lipinski definition) is 3. The molecule has 0 aliphatic rings. The van der Waals surface area contributed by atoms with E-state index in [1.54, 1.807) is 12.1 Å². The van der Waals surface area contributed by atoms with Crippen molar-refractivity contribution in [3.8, 4) is 0 Å². The molecule has 4 heteroatoms. The van der Waals surface area contributed by atoms with Crippen LogP contribution in [0.3, 0.4) is 0 Å². The largest absolute Gasteiger partial charge is 0.461 e. The fourth-order valence-corrected chi connectivity index (χ4v) is 1.93. The van der Waals surface area contributed by atoms with Gasteiger partial charge in [0.25, 0.3) is 0 Å². The molecule has 0 spiro atoms. The third-order valence-electron chi connectivity index (χ3n) is 3.05. The number of amides is 1. The first-order valence-electron chi connectivity index (χ1n) is 6.58. The molecule has 0 aliphatic heterocycles. The van der Waals surface area contributed by atoms with Gasteiger partial charge in [0.1, 0.15) is 0 Å². The molecule has 0 radical (unpaired) electrons. The Kier molecular flexibility index (Phi) is 4.71. The minimum absolute atomic E-state index is 0.0672. The average Bonchev–Trinajstić information content (AvgIpc) is 3.00. The van der Waals surface area contributed by atoms with Crippen LogP contribution in [-0.2, 0) is 4.79 Å². The highest BCUT2D eigenvalue weighted by Gasteiger charge is 2.13. The Hall–Kier alpha value is -2.36. The first-order chi connectivity index (χ1) is 9.66. The van der Waals surface area contributed by atoms with Gasteiger partial charge < -0.3 is 9.73 Å². The number of benzene rings is 1. The van der Waals surface area contributed by atoms with Crippen LogP contribution in [0.5, 0.6) is 0 Å². The summed E-state index contributed by atoms with van der Waals surface area (Å²) >= 11 is 0. The molecule has 1 aromatic heterocycles. The molecule has 104 valence electrons. The van der Waals surface area contributed by atoms with Gasteiger partial charge in [-0.05, 0) is 24.6 Å². The summed E-state index contributed by atoms with van der Waals surface area (Å²) in [5.41, 5.74) is 1.04. The normalized spacial score (nSPS) is 11.8. The van der Waals surface area contributed by atoms with Crippen LogP contribution < -0.4 is 5.32 Å². The first-order valence-corrected chi connectivity index (χ1v) is 6.58. The number of Topliss-reactive ketones (excluding diaryl/α,β-unsaturated/α-hetero) is 1. The van der Waals surface area contributed by atoms with E-state index in [0.717, 1.165) is 5.56 Å². The van der Waals surface area contributed by atoms with Gasteiger partial charge in [0.05, 0.1) is 12.3 Å². The second-order valence-corrected chi connectivity index (χ2v) is 4.60. The second-order valence-electron chi connectivity index (χ2n) is 4.60. The zero-order valence-corrected chi connectivity index (χ0v) is 11.3. The molecule has 1 heterocycles. The van der Waals surface area contributed by atoms with Crippen LogP contribution in [0.25, 0.3) is 0 Å². The first kappa shape index (κ1) is 14.1. The van der Waals surface area contributed by atoms with Gasteiger partial charge in [0.2, 0.25) is 5.91 Å². The van der Waals surface area contributed by atoms with Crippen molar-refractivity contribution < 1.29 is 14.0 Å². The lowest BCUT2D eigenvalue weighted by Gasteiger charge is -2.13. The molecular formula is C16H17NO3. The summed E-state index contributed by atoms with van der Waals surface area (Å²) in [5, 5.41) is 2.88. The predicted octanol–water partition coefficient (Wildman–Crippen LogP) is 3.12. The lowest BCUT2D eigenvalue weighted by atomic mass is 10.1. The molecular weight excluding hydrogens is 254 g/mol. The second kappa shape index (κ2) is 6.70. The van der Waals surface area contributed by atoms with Crippen LogP contribution in [-0.4, -0.2) is 11.7 Å². The highest BCUT2D eigenvalue weighted by atomic mass is 16.3. The van der Waals surface area contributed by atoms with Gasteiger partial charge in [0, 0.05) is 12.8 Å². The monoisotopic (exact) mass is 271 g/mol. The minimum Gasteiger partial charge on any atom is -0.461 e. The molecule has 2 aromatic rings. The van der Waals surface area contributed by atoms with Gasteiger partial charge in [0.15, 0.2) is 11.5 Å². The molecule has 1 unspecified atom stereocenters. The quantitative estimate of drug-likeness (QED) is 0.821. The van der Waals surface area contributed by atoms with E-state index in [2.05, 4.69) is 5.32 Å². The molecule has 1 atom stereocenters. The fourth-order valence-electron chi connectivity index (χ4n) is 1.93. The van der Waals surface area contributed by atoms with Crippen LogP contribution in [0.15, 0.2) is 53.1 Å². The van der Waals surface area contributed by atoms with Crippen LogP contribution >= 0.6 is 0 Å². The Balaban J connectivity index is 1.80. The van der Waals surface area contributed by atoms with Gasteiger partial charge in [-0.1, -0.05) is 30.3 Å². The smallest absolute Gasteiger partial charge is 0.220 e. The van der Waals surface area contributed by atoms with Gasteiger partial charge in [-0.3, -0.25) is 9.59 Å². The van der Waals surface area contributed by atoms with Crippen LogP contribution in [0.1, 0.15) is 41.9 Å². The van der Waals surface area contributed by atoms with Crippen molar-refractivity contribution in [3.63, 3.8) is 0 Å². The maximum Gasteiger partial charge on any atom is 0.220 e. The Morgan fingerprint density at radius 3 is 2.50 bits per heavy atom. The Morgan fingerprint density at radius 1 is 1.10 bits per heavy atom. The Labute approximate surface area is 117 Å². The number of rotatable bonds is 6. The van der Waals surface area contributed by atoms with Crippen molar-refractivity contribution >= 4 is 11.7 Å². The topological polar surface area (TPSA) is 59.3 Å². The summed E-state index contributed by atoms with van der Waals surface area (Å²) in [4.78, 5) is 23.5. The highest BCUT2D eigenvalue weighted by molar-refractivity contribution is 5.95. The molecule has 1 amide bonds. The van der Waals surface area contributed by atoms with Crippen LogP contribution in [0.2, 0.25) is 0 Å². The Bertz CT molecular complexity index is 561. The molecule has 0 aliphatic carbocycles. The molecule has 1 N–H and O–H groups in total. The van der Waals surface area contributed by atoms with Crippen molar-refractivity contribution in [1.82, 2.24) is 5.32 Å². The lowest BCUT2D eigenvalue weighted by Crippen LogP contribution is -2.26. The fraction of sp³-hybridized carbons (Fsp3) is 0.250. The number of furan rings is 1. The molecule has 0 saturated carbocycles. The van der Waals surface area contributed by atoms with E-state index in [9.17, 15) is 9.59 Å². The summed E-state index contributed by atoms with van der Waals surface area (Å²) in [6.07, 6.45) is 1.77. The van der Waals surface area contributed by atoms with E-state index in [1.165, 1.54) is 6.26 Å². The van der Waals surface area contributed by atoms with E-state index in [0.29, 0.717) is 5.76 Å². The number of carbonyl (C=O) groups is 2. The number of nitrogens with one attached hydrogen (secondary N) is 1. The predicted molar refractivity (Wildman–Crippen MR) is 75.3 cm³/mol. The molecule has 2 rings (SSSR count). The van der Waals surface area contributed by atoms with Crippen LogP contribution in [0, 0.1) is 0 Å². The molecule has 1 aromatic carbocycles. The summed E-state index contributed by atoms with van der Waals surface area (Å²) in [6.45, 7) is 1.92. The SMILES string of the molecule is CC(NC(=O)CCC(=O)c1ccco1)c1ccccc1. The van der Waals surface area contributed by atoms with Gasteiger partial charge in [-0.2, -0.15) is 0 Å². The minimum atomic E-state index is -0.155. The number of hydrogen-bond donors (Lipinski definition) is 1. The number of ketones is 1. The van der Waals surface area contributed by atoms with E-state index < -0.39 is 0 Å². The van der Waals surface area contributed by atoms with Gasteiger partial charge in [-0.15, -0.1) is 0 Å². The van der Waals surface area contributed by atoms with Crippen molar-refractivity contribution in [1.29, 1.82) is 0 Å². The van der Waals surface area contributed by atoms with Crippen molar-refractivity contribution in [2.45, 2.75) is 25.8 Å². The molecule has 20 heavy (non-hydrogen) atoms. The van der Waals surface area contributed by atoms with Gasteiger partial charge >= 0.3 is 0 Å². The van der Waals surface area contributed by atoms with Crippen molar-refractivity contribution in [2.24, 2.45) is 0 Å². The molecule has 4 nitrogen and oxygen atoms in total. The average molecular weight is 271 g/mol. The zero-order chi connectivity index (χ0) is 14.4. The Morgan fingerprint density at radius 2 is 1.85 bits per heavy atom. The molecule has 0 fully saturated rings. The summed E-state index contributed by atoms with van der Waals surface area (Å²) < 4.78 is 5.00. The third-order valence-corrected chi connectivity index (χ3v) is 3.05. The molecule has 0 bridgehead atoms. The maximum absolute atomic E-state index is 11.8. The lowest BCUT2D eigenvalue weighted by molar-refractivity contribution is -0.121. The summed E-state index contributed by atoms with van der Waals surface area (Å²) in [7, 11) is 0. The molecule has 0 saturated heterocycles. The number of carbonyl (C=O) groups excluding carboxylic acids is 2. The van der Waals surface area contributed by atoms with Gasteiger partial charge in [-0.25, -0.2) is 0 Å². The van der Waals surface area contributed by atoms with E-state index in [1.807, 2.05) is 37.3 Å². The summed E-state index contributed by atoms with van der Waals surface area (Å²) in [6, 6.07) is 12.9. The van der Waals surface area contributed by atoms with Crippen LogP contribution in [0.4, 0.5) is 0 Å². The van der Waals surface area contributed by atoms with E-state index >= 15 is 0 Å². The highest BCUT2D eigenvalue weighted by Crippen LogP contribution is 2.12. The summed E-state index contributed by atoms with van der Waals surface area (Å²) in [5.74, 6) is 0.00711. The van der Waals surface area contributed by atoms with Crippen molar-refractivity contribution in [3.05, 3.63) is 60.1 Å². The van der Waals surface area contributed by atoms with E-state index in [-0.39, 0.29) is 30.6 Å². The van der Waals surface area contributed by atoms with E-state index in [4.69, 9.17) is 4.42 Å². The third kappa shape index (κ3) is 3.82.